The molecule has 44 heavy (non-hydrogen) atoms. The zero-order chi connectivity index (χ0) is 31.5. The van der Waals surface area contributed by atoms with E-state index in [1.807, 2.05) is 24.6 Å². The van der Waals surface area contributed by atoms with Crippen LogP contribution in [0.25, 0.3) is 10.9 Å². The summed E-state index contributed by atoms with van der Waals surface area (Å²) >= 11 is 6.03. The molecule has 2 fully saturated rings. The van der Waals surface area contributed by atoms with Crippen molar-refractivity contribution >= 4 is 55.9 Å². The van der Waals surface area contributed by atoms with Crippen LogP contribution in [0.5, 0.6) is 0 Å². The van der Waals surface area contributed by atoms with Gasteiger partial charge in [0.15, 0.2) is 5.69 Å². The number of carbonyl (C=O) groups excluding carboxylic acids is 1. The van der Waals surface area contributed by atoms with Gasteiger partial charge < -0.3 is 15.1 Å². The SMILES string of the molecule is Cc1cc([C@@H](C)Nc2ccc(Cl)nc2C(=O)NS(C)(=O)=O)c2nc(N3C[C@H]4C[C@@H]3CN4c3ccc(F)cn3)n(C)c(=O)c2c1. The van der Waals surface area contributed by atoms with Gasteiger partial charge in [-0.2, -0.15) is 0 Å². The van der Waals surface area contributed by atoms with Crippen molar-refractivity contribution in [2.75, 3.05) is 34.5 Å². The molecule has 3 aromatic heterocycles. The van der Waals surface area contributed by atoms with Crippen LogP contribution in [0.4, 0.5) is 21.8 Å². The van der Waals surface area contributed by atoms with E-state index in [4.69, 9.17) is 16.6 Å². The van der Waals surface area contributed by atoms with Crippen molar-refractivity contribution in [1.29, 1.82) is 0 Å². The maximum absolute atomic E-state index is 13.7. The van der Waals surface area contributed by atoms with E-state index in [0.29, 0.717) is 35.5 Å². The third-order valence-corrected chi connectivity index (χ3v) is 8.79. The molecule has 1 amide bonds. The monoisotopic (exact) mass is 640 g/mol. The van der Waals surface area contributed by atoms with Gasteiger partial charge in [-0.15, -0.1) is 0 Å². The number of benzene rings is 1. The van der Waals surface area contributed by atoms with Crippen LogP contribution in [0.1, 0.15) is 41.0 Å². The van der Waals surface area contributed by atoms with Gasteiger partial charge in [0.2, 0.25) is 16.0 Å². The summed E-state index contributed by atoms with van der Waals surface area (Å²) in [5, 5.41) is 3.71. The molecule has 2 saturated heterocycles. The van der Waals surface area contributed by atoms with E-state index in [1.54, 1.807) is 29.8 Å². The number of pyridine rings is 2. The lowest BCUT2D eigenvalue weighted by Crippen LogP contribution is -2.48. The fraction of sp³-hybridized carbons (Fsp3) is 0.345. The van der Waals surface area contributed by atoms with Crippen LogP contribution in [0.2, 0.25) is 5.15 Å². The standard InChI is InChI=1S/C29H30ClFN8O4S/c1-15-9-20(16(2)33-22-6-7-23(30)34-26(22)27(40)36-44(4,42)43)25-21(10-15)28(41)37(3)29(35-25)39-14-18-11-19(39)13-38(18)24-8-5-17(31)12-32-24/h5-10,12,16,18-19,33H,11,13-14H2,1-4H3,(H,36,40)/t16-,18-,19-/m1/s1. The number of anilines is 3. The molecular formula is C29H30ClFN8O4S. The number of halogens is 2. The Bertz CT molecular complexity index is 1970. The highest BCUT2D eigenvalue weighted by Gasteiger charge is 2.45. The summed E-state index contributed by atoms with van der Waals surface area (Å²) in [4.78, 5) is 44.1. The molecule has 6 rings (SSSR count). The number of hydrogen-bond acceptors (Lipinski definition) is 10. The molecule has 0 aliphatic carbocycles. The van der Waals surface area contributed by atoms with E-state index in [0.717, 1.165) is 24.1 Å². The second-order valence-electron chi connectivity index (χ2n) is 11.3. The Kier molecular flexibility index (Phi) is 7.44. The first-order chi connectivity index (χ1) is 20.8. The topological polar surface area (TPSA) is 142 Å². The molecule has 0 saturated carbocycles. The molecule has 2 aliphatic heterocycles. The van der Waals surface area contributed by atoms with E-state index in [1.165, 1.54) is 18.3 Å². The Balaban J connectivity index is 1.35. The zero-order valence-electron chi connectivity index (χ0n) is 24.4. The fourth-order valence-electron chi connectivity index (χ4n) is 6.11. The third-order valence-electron chi connectivity index (χ3n) is 8.03. The minimum atomic E-state index is -3.85. The molecule has 230 valence electrons. The lowest BCUT2D eigenvalue weighted by Gasteiger charge is -2.36. The van der Waals surface area contributed by atoms with Crippen LogP contribution in [0, 0.1) is 12.7 Å². The summed E-state index contributed by atoms with van der Waals surface area (Å²) in [6.45, 7) is 5.03. The molecule has 0 unspecified atom stereocenters. The smallest absolute Gasteiger partial charge is 0.285 e. The van der Waals surface area contributed by atoms with Crippen LogP contribution in [-0.2, 0) is 17.1 Å². The number of nitrogens with one attached hydrogen (secondary N) is 2. The number of nitrogens with zero attached hydrogens (tertiary/aromatic N) is 6. The van der Waals surface area contributed by atoms with Gasteiger partial charge in [0.05, 0.1) is 47.2 Å². The first-order valence-corrected chi connectivity index (χ1v) is 16.2. The number of hydrogen-bond donors (Lipinski definition) is 2. The summed E-state index contributed by atoms with van der Waals surface area (Å²) in [5.41, 5.74) is 1.95. The van der Waals surface area contributed by atoms with Gasteiger partial charge in [0.1, 0.15) is 16.8 Å². The van der Waals surface area contributed by atoms with Crippen LogP contribution < -0.4 is 25.4 Å². The molecule has 0 spiro atoms. The Morgan fingerprint density at radius 1 is 1.11 bits per heavy atom. The lowest BCUT2D eigenvalue weighted by atomic mass is 10.0. The van der Waals surface area contributed by atoms with Gasteiger partial charge in [-0.25, -0.2) is 32.5 Å². The zero-order valence-corrected chi connectivity index (χ0v) is 25.9. The number of sulfonamides is 1. The van der Waals surface area contributed by atoms with E-state index in [-0.39, 0.29) is 40.0 Å². The van der Waals surface area contributed by atoms with Crippen LogP contribution in [-0.4, -0.2) is 65.3 Å². The van der Waals surface area contributed by atoms with Gasteiger partial charge in [0, 0.05) is 25.7 Å². The highest BCUT2D eigenvalue weighted by atomic mass is 35.5. The van der Waals surface area contributed by atoms with E-state index in [9.17, 15) is 22.4 Å². The summed E-state index contributed by atoms with van der Waals surface area (Å²) in [5.74, 6) is -0.0501. The highest BCUT2D eigenvalue weighted by molar-refractivity contribution is 7.89. The Morgan fingerprint density at radius 2 is 1.84 bits per heavy atom. The molecule has 15 heteroatoms. The van der Waals surface area contributed by atoms with Crippen LogP contribution in [0.3, 0.4) is 0 Å². The molecule has 2 aliphatic rings. The minimum Gasteiger partial charge on any atom is -0.377 e. The van der Waals surface area contributed by atoms with Crippen molar-refractivity contribution in [2.24, 2.45) is 7.05 Å². The Labute approximate surface area is 257 Å². The number of fused-ring (bicyclic) bond motifs is 3. The first kappa shape index (κ1) is 29.8. The molecular weight excluding hydrogens is 611 g/mol. The quantitative estimate of drug-likeness (QED) is 0.289. The summed E-state index contributed by atoms with van der Waals surface area (Å²) < 4.78 is 40.4. The van der Waals surface area contributed by atoms with Crippen LogP contribution in [0.15, 0.2) is 47.4 Å². The number of carbonyl (C=O) groups is 1. The molecule has 1 aromatic carbocycles. The average Bonchev–Trinajstić information content (AvgIpc) is 3.56. The molecule has 3 atom stereocenters. The van der Waals surface area contributed by atoms with Crippen molar-refractivity contribution in [3.05, 3.63) is 80.7 Å². The van der Waals surface area contributed by atoms with Gasteiger partial charge in [-0.05, 0) is 56.2 Å². The van der Waals surface area contributed by atoms with Crippen molar-refractivity contribution < 1.29 is 17.6 Å². The minimum absolute atomic E-state index is 0.0198. The number of aromatic nitrogens is 4. The number of rotatable bonds is 7. The van der Waals surface area contributed by atoms with Gasteiger partial charge in [-0.1, -0.05) is 17.7 Å². The predicted molar refractivity (Wildman–Crippen MR) is 166 cm³/mol. The van der Waals surface area contributed by atoms with Crippen molar-refractivity contribution in [3.8, 4) is 0 Å². The summed E-state index contributed by atoms with van der Waals surface area (Å²) in [7, 11) is -2.13. The second kappa shape index (κ2) is 11.0. The average molecular weight is 641 g/mol. The number of amides is 1. The lowest BCUT2D eigenvalue weighted by molar-refractivity contribution is 0.0977. The van der Waals surface area contributed by atoms with Gasteiger partial charge in [0.25, 0.3) is 11.5 Å². The summed E-state index contributed by atoms with van der Waals surface area (Å²) in [6, 6.07) is 9.59. The first-order valence-electron chi connectivity index (χ1n) is 13.9. The van der Waals surface area contributed by atoms with Gasteiger partial charge in [-0.3, -0.25) is 14.2 Å². The second-order valence-corrected chi connectivity index (χ2v) is 13.4. The third kappa shape index (κ3) is 5.54. The Hall–Kier alpha value is -4.30. The molecule has 12 nitrogen and oxygen atoms in total. The van der Waals surface area contributed by atoms with Crippen LogP contribution >= 0.6 is 11.6 Å². The number of aryl methyl sites for hydroxylation is 1. The molecule has 0 radical (unpaired) electrons. The molecule has 4 aromatic rings. The maximum Gasteiger partial charge on any atom is 0.285 e. The predicted octanol–water partition coefficient (Wildman–Crippen LogP) is 3.15. The molecule has 2 N–H and O–H groups in total. The van der Waals surface area contributed by atoms with Crippen molar-refractivity contribution in [2.45, 2.75) is 38.4 Å². The largest absolute Gasteiger partial charge is 0.377 e. The fourth-order valence-corrected chi connectivity index (χ4v) is 6.69. The maximum atomic E-state index is 13.7. The van der Waals surface area contributed by atoms with E-state index >= 15 is 0 Å². The normalized spacial score (nSPS) is 18.6. The van der Waals surface area contributed by atoms with E-state index < -0.39 is 22.0 Å². The molecule has 2 bridgehead atoms. The van der Waals surface area contributed by atoms with Crippen molar-refractivity contribution in [1.82, 2.24) is 24.2 Å². The summed E-state index contributed by atoms with van der Waals surface area (Å²) in [6.07, 6.45) is 2.94. The van der Waals surface area contributed by atoms with Gasteiger partial charge >= 0.3 is 0 Å². The van der Waals surface area contributed by atoms with E-state index in [2.05, 4.69) is 25.1 Å². The number of piperazine rings is 1. The van der Waals surface area contributed by atoms with Crippen molar-refractivity contribution in [3.63, 3.8) is 0 Å². The molecule has 5 heterocycles. The Morgan fingerprint density at radius 3 is 2.50 bits per heavy atom. The highest BCUT2D eigenvalue weighted by Crippen LogP contribution is 2.37.